The Morgan fingerprint density at radius 1 is 1.08 bits per heavy atom. The highest BCUT2D eigenvalue weighted by molar-refractivity contribution is 5.99. The lowest BCUT2D eigenvalue weighted by molar-refractivity contribution is -0.117. The van der Waals surface area contributed by atoms with Crippen molar-refractivity contribution in [1.82, 2.24) is 9.88 Å². The molecule has 2 aromatic heterocycles. The molecule has 3 rings (SSSR count). The zero-order valence-electron chi connectivity index (χ0n) is 13.1. The lowest BCUT2D eigenvalue weighted by Gasteiger charge is -2.14. The molecule has 0 fully saturated rings. The first-order chi connectivity index (χ1) is 11.6. The second kappa shape index (κ2) is 6.87. The number of nitrogens with zero attached hydrogens (tertiary/aromatic N) is 1. The molecule has 2 heterocycles. The minimum Gasteiger partial charge on any atom is -0.459 e. The van der Waals surface area contributed by atoms with Gasteiger partial charge in [0.1, 0.15) is 6.04 Å². The van der Waals surface area contributed by atoms with E-state index in [9.17, 15) is 9.59 Å². The summed E-state index contributed by atoms with van der Waals surface area (Å²) in [5.41, 5.74) is 1.59. The predicted molar refractivity (Wildman–Crippen MR) is 90.0 cm³/mol. The summed E-state index contributed by atoms with van der Waals surface area (Å²) in [5.74, 6) is -0.562. The van der Waals surface area contributed by atoms with Crippen LogP contribution in [0.15, 0.2) is 71.6 Å². The van der Waals surface area contributed by atoms with Gasteiger partial charge in [0.25, 0.3) is 5.91 Å². The molecule has 3 aromatic rings. The molecule has 0 aliphatic carbocycles. The Bertz CT molecular complexity index is 823. The minimum absolute atomic E-state index is 0.171. The molecule has 0 aliphatic rings. The molecule has 2 N–H and O–H groups in total. The number of hydrogen-bond donors (Lipinski definition) is 2. The van der Waals surface area contributed by atoms with E-state index in [1.165, 1.54) is 6.26 Å². The van der Waals surface area contributed by atoms with Crippen molar-refractivity contribution >= 4 is 17.5 Å². The Morgan fingerprint density at radius 2 is 1.88 bits per heavy atom. The van der Waals surface area contributed by atoms with Crippen LogP contribution in [0, 0.1) is 0 Å². The number of nitrogens with one attached hydrogen (secondary N) is 2. The van der Waals surface area contributed by atoms with Gasteiger partial charge in [0, 0.05) is 23.8 Å². The Kier molecular flexibility index (Phi) is 4.47. The monoisotopic (exact) mass is 323 g/mol. The lowest BCUT2D eigenvalue weighted by Crippen LogP contribution is -2.41. The van der Waals surface area contributed by atoms with Gasteiger partial charge in [-0.05, 0) is 49.4 Å². The summed E-state index contributed by atoms with van der Waals surface area (Å²) < 4.78 is 6.95. The molecule has 6 heteroatoms. The number of amides is 2. The third-order valence-corrected chi connectivity index (χ3v) is 3.50. The van der Waals surface area contributed by atoms with E-state index < -0.39 is 11.9 Å². The minimum atomic E-state index is -0.696. The Labute approximate surface area is 139 Å². The van der Waals surface area contributed by atoms with Crippen molar-refractivity contribution in [3.63, 3.8) is 0 Å². The molecule has 1 atom stereocenters. The van der Waals surface area contributed by atoms with Crippen LogP contribution < -0.4 is 10.6 Å². The molecule has 122 valence electrons. The quantitative estimate of drug-likeness (QED) is 0.758. The topological polar surface area (TPSA) is 76.3 Å². The van der Waals surface area contributed by atoms with Gasteiger partial charge in [-0.15, -0.1) is 0 Å². The fourth-order valence-electron chi connectivity index (χ4n) is 2.24. The third-order valence-electron chi connectivity index (χ3n) is 3.50. The van der Waals surface area contributed by atoms with Crippen LogP contribution in [0.25, 0.3) is 5.69 Å². The van der Waals surface area contributed by atoms with Gasteiger partial charge in [-0.3, -0.25) is 9.59 Å². The molecule has 1 aromatic carbocycles. The molecule has 0 radical (unpaired) electrons. The molecule has 0 saturated heterocycles. The SMILES string of the molecule is CC(NC(=O)c1ccco1)C(=O)Nc1cccc(-n2cccc2)c1. The van der Waals surface area contributed by atoms with Gasteiger partial charge in [0.15, 0.2) is 5.76 Å². The molecule has 2 amide bonds. The summed E-state index contributed by atoms with van der Waals surface area (Å²) in [4.78, 5) is 24.1. The lowest BCUT2D eigenvalue weighted by atomic mass is 10.2. The maximum absolute atomic E-state index is 12.3. The number of anilines is 1. The summed E-state index contributed by atoms with van der Waals surface area (Å²) in [7, 11) is 0. The van der Waals surface area contributed by atoms with Crippen LogP contribution in [-0.4, -0.2) is 22.4 Å². The number of aromatic nitrogens is 1. The zero-order valence-corrected chi connectivity index (χ0v) is 13.1. The number of furan rings is 1. The Morgan fingerprint density at radius 3 is 2.58 bits per heavy atom. The first-order valence-electron chi connectivity index (χ1n) is 7.52. The second-order valence-electron chi connectivity index (χ2n) is 5.30. The zero-order chi connectivity index (χ0) is 16.9. The second-order valence-corrected chi connectivity index (χ2v) is 5.30. The van der Waals surface area contributed by atoms with E-state index in [-0.39, 0.29) is 11.7 Å². The van der Waals surface area contributed by atoms with Crippen LogP contribution in [0.4, 0.5) is 5.69 Å². The Hall–Kier alpha value is -3.28. The predicted octanol–water partition coefficient (Wildman–Crippen LogP) is 2.83. The fourth-order valence-corrected chi connectivity index (χ4v) is 2.24. The van der Waals surface area contributed by atoms with Gasteiger partial charge in [-0.1, -0.05) is 6.07 Å². The van der Waals surface area contributed by atoms with E-state index in [4.69, 9.17) is 4.42 Å². The average molecular weight is 323 g/mol. The molecule has 24 heavy (non-hydrogen) atoms. The van der Waals surface area contributed by atoms with Crippen LogP contribution in [0.2, 0.25) is 0 Å². The largest absolute Gasteiger partial charge is 0.459 e. The first-order valence-corrected chi connectivity index (χ1v) is 7.52. The van der Waals surface area contributed by atoms with Crippen LogP contribution in [0.3, 0.4) is 0 Å². The number of benzene rings is 1. The summed E-state index contributed by atoms with van der Waals surface area (Å²) in [6, 6.07) is 13.8. The molecule has 6 nitrogen and oxygen atoms in total. The van der Waals surface area contributed by atoms with E-state index >= 15 is 0 Å². The highest BCUT2D eigenvalue weighted by Crippen LogP contribution is 2.15. The normalized spacial score (nSPS) is 11.7. The van der Waals surface area contributed by atoms with Crippen molar-refractivity contribution in [2.45, 2.75) is 13.0 Å². The molecular weight excluding hydrogens is 306 g/mol. The highest BCUT2D eigenvalue weighted by Gasteiger charge is 2.18. The molecular formula is C18H17N3O3. The van der Waals surface area contributed by atoms with Crippen molar-refractivity contribution < 1.29 is 14.0 Å². The van der Waals surface area contributed by atoms with Gasteiger partial charge in [-0.2, -0.15) is 0 Å². The van der Waals surface area contributed by atoms with Crippen molar-refractivity contribution in [2.75, 3.05) is 5.32 Å². The van der Waals surface area contributed by atoms with Crippen LogP contribution in [0.1, 0.15) is 17.5 Å². The molecule has 1 unspecified atom stereocenters. The van der Waals surface area contributed by atoms with E-state index in [1.807, 2.05) is 47.3 Å². The average Bonchev–Trinajstić information content (AvgIpc) is 3.28. The molecule has 0 spiro atoms. The Balaban J connectivity index is 1.64. The summed E-state index contributed by atoms with van der Waals surface area (Å²) in [6.45, 7) is 1.62. The van der Waals surface area contributed by atoms with E-state index in [2.05, 4.69) is 10.6 Å². The summed E-state index contributed by atoms with van der Waals surface area (Å²) >= 11 is 0. The van der Waals surface area contributed by atoms with Gasteiger partial charge >= 0.3 is 0 Å². The molecule has 0 aliphatic heterocycles. The summed E-state index contributed by atoms with van der Waals surface area (Å²) in [6.07, 6.45) is 5.26. The van der Waals surface area contributed by atoms with Gasteiger partial charge in [-0.25, -0.2) is 0 Å². The first kappa shape index (κ1) is 15.6. The van der Waals surface area contributed by atoms with Crippen molar-refractivity contribution in [3.8, 4) is 5.69 Å². The van der Waals surface area contributed by atoms with Crippen LogP contribution in [0.5, 0.6) is 0 Å². The molecule has 0 saturated carbocycles. The summed E-state index contributed by atoms with van der Waals surface area (Å²) in [5, 5.41) is 5.39. The van der Waals surface area contributed by atoms with Crippen LogP contribution in [-0.2, 0) is 4.79 Å². The number of hydrogen-bond acceptors (Lipinski definition) is 3. The fraction of sp³-hybridized carbons (Fsp3) is 0.111. The van der Waals surface area contributed by atoms with Crippen molar-refractivity contribution in [1.29, 1.82) is 0 Å². The van der Waals surface area contributed by atoms with Gasteiger partial charge < -0.3 is 19.6 Å². The smallest absolute Gasteiger partial charge is 0.287 e. The molecule has 0 bridgehead atoms. The third kappa shape index (κ3) is 3.55. The van der Waals surface area contributed by atoms with Gasteiger partial charge in [0.2, 0.25) is 5.91 Å². The van der Waals surface area contributed by atoms with Gasteiger partial charge in [0.05, 0.1) is 6.26 Å². The van der Waals surface area contributed by atoms with Crippen molar-refractivity contribution in [3.05, 3.63) is 72.9 Å². The van der Waals surface area contributed by atoms with E-state index in [1.54, 1.807) is 25.1 Å². The number of rotatable bonds is 5. The number of carbonyl (C=O) groups excluding carboxylic acids is 2. The van der Waals surface area contributed by atoms with Crippen LogP contribution >= 0.6 is 0 Å². The highest BCUT2D eigenvalue weighted by atomic mass is 16.3. The van der Waals surface area contributed by atoms with E-state index in [0.717, 1.165) is 5.69 Å². The maximum Gasteiger partial charge on any atom is 0.287 e. The maximum atomic E-state index is 12.3. The standard InChI is InChI=1S/C18H17N3O3/c1-13(19-18(23)16-8-5-11-24-16)17(22)20-14-6-4-7-15(12-14)21-9-2-3-10-21/h2-13H,1H3,(H,19,23)(H,20,22). The number of carbonyl (C=O) groups is 2. The van der Waals surface area contributed by atoms with E-state index in [0.29, 0.717) is 5.69 Å². The van der Waals surface area contributed by atoms with Crippen molar-refractivity contribution in [2.24, 2.45) is 0 Å².